The smallest absolute Gasteiger partial charge is 0.0635 e. The lowest BCUT2D eigenvalue weighted by Crippen LogP contribution is -2.35. The summed E-state index contributed by atoms with van der Waals surface area (Å²) in [6.45, 7) is 0.132. The Bertz CT molecular complexity index is 306. The number of aliphatic hydroxyl groups excluding tert-OH is 2. The molecule has 1 rings (SSSR count). The minimum atomic E-state index is -0.0377. The predicted octanol–water partition coefficient (Wildman–Crippen LogP) is 1.63. The monoisotopic (exact) mass is 273 g/mol. The third-order valence-electron chi connectivity index (χ3n) is 2.44. The SMILES string of the molecule is CN(c1cccc(Br)c1)C(CO)CCO. The van der Waals surface area contributed by atoms with E-state index in [0.29, 0.717) is 6.42 Å². The molecule has 4 heteroatoms. The maximum absolute atomic E-state index is 9.19. The Hall–Kier alpha value is -0.580. The zero-order chi connectivity index (χ0) is 11.3. The Balaban J connectivity index is 2.77. The molecule has 2 N–H and O–H groups in total. The second kappa shape index (κ2) is 6.10. The van der Waals surface area contributed by atoms with Gasteiger partial charge in [0.2, 0.25) is 0 Å². The normalized spacial score (nSPS) is 12.5. The molecule has 0 spiro atoms. The summed E-state index contributed by atoms with van der Waals surface area (Å²) < 4.78 is 1.01. The van der Waals surface area contributed by atoms with Crippen LogP contribution in [0.4, 0.5) is 5.69 Å². The van der Waals surface area contributed by atoms with Crippen molar-refractivity contribution in [1.29, 1.82) is 0 Å². The lowest BCUT2D eigenvalue weighted by Gasteiger charge is -2.28. The number of hydrogen-bond acceptors (Lipinski definition) is 3. The largest absolute Gasteiger partial charge is 0.396 e. The first kappa shape index (κ1) is 12.5. The highest BCUT2D eigenvalue weighted by molar-refractivity contribution is 9.10. The molecule has 1 aromatic carbocycles. The zero-order valence-electron chi connectivity index (χ0n) is 8.73. The molecule has 1 aromatic rings. The van der Waals surface area contributed by atoms with Crippen LogP contribution in [0.2, 0.25) is 0 Å². The van der Waals surface area contributed by atoms with E-state index in [1.54, 1.807) is 0 Å². The molecule has 0 radical (unpaired) electrons. The summed E-state index contributed by atoms with van der Waals surface area (Å²) in [6, 6.07) is 7.83. The van der Waals surface area contributed by atoms with Gasteiger partial charge >= 0.3 is 0 Å². The number of nitrogens with zero attached hydrogens (tertiary/aromatic N) is 1. The summed E-state index contributed by atoms with van der Waals surface area (Å²) >= 11 is 3.40. The molecule has 0 aromatic heterocycles. The van der Waals surface area contributed by atoms with Crippen LogP contribution < -0.4 is 4.90 Å². The molecule has 0 aliphatic heterocycles. The highest BCUT2D eigenvalue weighted by atomic mass is 79.9. The van der Waals surface area contributed by atoms with E-state index in [2.05, 4.69) is 15.9 Å². The molecular formula is C11H16BrNO2. The summed E-state index contributed by atoms with van der Waals surface area (Å²) in [5.74, 6) is 0. The molecule has 0 saturated carbocycles. The standard InChI is InChI=1S/C11H16BrNO2/c1-13(11(8-15)5-6-14)10-4-2-3-9(12)7-10/h2-4,7,11,14-15H,5-6,8H2,1H3. The first-order valence-corrected chi connectivity index (χ1v) is 5.68. The van der Waals surface area contributed by atoms with Crippen LogP contribution in [0.5, 0.6) is 0 Å². The summed E-state index contributed by atoms with van der Waals surface area (Å²) in [6.07, 6.45) is 0.569. The average Bonchev–Trinajstić information content (AvgIpc) is 2.25. The van der Waals surface area contributed by atoms with Crippen LogP contribution in [0.3, 0.4) is 0 Å². The van der Waals surface area contributed by atoms with Crippen LogP contribution in [0.15, 0.2) is 28.7 Å². The van der Waals surface area contributed by atoms with Crippen LogP contribution in [0, 0.1) is 0 Å². The van der Waals surface area contributed by atoms with Crippen molar-refractivity contribution in [3.63, 3.8) is 0 Å². The molecule has 1 unspecified atom stereocenters. The maximum Gasteiger partial charge on any atom is 0.0635 e. The van der Waals surface area contributed by atoms with Gasteiger partial charge in [-0.25, -0.2) is 0 Å². The molecule has 3 nitrogen and oxygen atoms in total. The molecule has 0 fully saturated rings. The lowest BCUT2D eigenvalue weighted by atomic mass is 10.2. The van der Waals surface area contributed by atoms with Gasteiger partial charge in [0.15, 0.2) is 0 Å². The van der Waals surface area contributed by atoms with Gasteiger partial charge in [-0.1, -0.05) is 22.0 Å². The zero-order valence-corrected chi connectivity index (χ0v) is 10.3. The number of hydrogen-bond donors (Lipinski definition) is 2. The quantitative estimate of drug-likeness (QED) is 0.857. The fourth-order valence-corrected chi connectivity index (χ4v) is 1.85. The molecular weight excluding hydrogens is 258 g/mol. The summed E-state index contributed by atoms with van der Waals surface area (Å²) in [5.41, 5.74) is 1.02. The third-order valence-corrected chi connectivity index (χ3v) is 2.93. The van der Waals surface area contributed by atoms with Gasteiger partial charge in [0.05, 0.1) is 12.6 Å². The van der Waals surface area contributed by atoms with Crippen molar-refractivity contribution in [3.05, 3.63) is 28.7 Å². The van der Waals surface area contributed by atoms with Gasteiger partial charge in [0.1, 0.15) is 0 Å². The van der Waals surface area contributed by atoms with Gasteiger partial charge < -0.3 is 15.1 Å². The molecule has 0 heterocycles. The van der Waals surface area contributed by atoms with E-state index in [1.807, 2.05) is 36.2 Å². The number of halogens is 1. The number of aliphatic hydroxyl groups is 2. The fourth-order valence-electron chi connectivity index (χ4n) is 1.46. The Morgan fingerprint density at radius 2 is 2.13 bits per heavy atom. The van der Waals surface area contributed by atoms with Crippen molar-refractivity contribution in [1.82, 2.24) is 0 Å². The summed E-state index contributed by atoms with van der Waals surface area (Å²) in [5, 5.41) is 18.1. The van der Waals surface area contributed by atoms with E-state index in [-0.39, 0.29) is 19.3 Å². The van der Waals surface area contributed by atoms with E-state index in [9.17, 15) is 5.11 Å². The minimum absolute atomic E-state index is 0.0377. The van der Waals surface area contributed by atoms with Gasteiger partial charge in [-0.15, -0.1) is 0 Å². The van der Waals surface area contributed by atoms with Crippen molar-refractivity contribution >= 4 is 21.6 Å². The topological polar surface area (TPSA) is 43.7 Å². The van der Waals surface area contributed by atoms with E-state index >= 15 is 0 Å². The van der Waals surface area contributed by atoms with Crippen LogP contribution >= 0.6 is 15.9 Å². The molecule has 0 aliphatic carbocycles. The molecule has 1 atom stereocenters. The van der Waals surface area contributed by atoms with Crippen LogP contribution in [-0.4, -0.2) is 36.5 Å². The first-order chi connectivity index (χ1) is 7.19. The Morgan fingerprint density at radius 3 is 2.67 bits per heavy atom. The van der Waals surface area contributed by atoms with E-state index in [1.165, 1.54) is 0 Å². The molecule has 15 heavy (non-hydrogen) atoms. The van der Waals surface area contributed by atoms with Crippen molar-refractivity contribution < 1.29 is 10.2 Å². The predicted molar refractivity (Wildman–Crippen MR) is 65.1 cm³/mol. The molecule has 84 valence electrons. The van der Waals surface area contributed by atoms with Crippen molar-refractivity contribution in [3.8, 4) is 0 Å². The number of likely N-dealkylation sites (N-methyl/N-ethyl adjacent to an activating group) is 1. The van der Waals surface area contributed by atoms with Crippen LogP contribution in [0.25, 0.3) is 0 Å². The van der Waals surface area contributed by atoms with Crippen molar-refractivity contribution in [2.45, 2.75) is 12.5 Å². The van der Waals surface area contributed by atoms with Crippen LogP contribution in [0.1, 0.15) is 6.42 Å². The molecule has 0 saturated heterocycles. The molecule has 0 bridgehead atoms. The highest BCUT2D eigenvalue weighted by Crippen LogP contribution is 2.21. The third kappa shape index (κ3) is 3.48. The van der Waals surface area contributed by atoms with E-state index < -0.39 is 0 Å². The van der Waals surface area contributed by atoms with Gasteiger partial charge in [-0.05, 0) is 24.6 Å². The number of benzene rings is 1. The van der Waals surface area contributed by atoms with Crippen molar-refractivity contribution in [2.75, 3.05) is 25.2 Å². The number of anilines is 1. The van der Waals surface area contributed by atoms with Gasteiger partial charge in [-0.3, -0.25) is 0 Å². The summed E-state index contributed by atoms with van der Waals surface area (Å²) in [7, 11) is 1.92. The summed E-state index contributed by atoms with van der Waals surface area (Å²) in [4.78, 5) is 1.97. The van der Waals surface area contributed by atoms with Gasteiger partial charge in [0, 0.05) is 23.8 Å². The second-order valence-electron chi connectivity index (χ2n) is 3.44. The van der Waals surface area contributed by atoms with Gasteiger partial charge in [0.25, 0.3) is 0 Å². The highest BCUT2D eigenvalue weighted by Gasteiger charge is 2.13. The van der Waals surface area contributed by atoms with E-state index in [0.717, 1.165) is 10.2 Å². The van der Waals surface area contributed by atoms with Crippen LogP contribution in [-0.2, 0) is 0 Å². The Kier molecular flexibility index (Phi) is 5.08. The minimum Gasteiger partial charge on any atom is -0.396 e. The first-order valence-electron chi connectivity index (χ1n) is 4.89. The molecule has 0 amide bonds. The number of rotatable bonds is 5. The van der Waals surface area contributed by atoms with Gasteiger partial charge in [-0.2, -0.15) is 0 Å². The molecule has 0 aliphatic rings. The average molecular weight is 274 g/mol. The Labute approximate surface area is 98.5 Å². The fraction of sp³-hybridized carbons (Fsp3) is 0.455. The van der Waals surface area contributed by atoms with Crippen molar-refractivity contribution in [2.24, 2.45) is 0 Å². The second-order valence-corrected chi connectivity index (χ2v) is 4.36. The Morgan fingerprint density at radius 1 is 1.40 bits per heavy atom. The van der Waals surface area contributed by atoms with E-state index in [4.69, 9.17) is 5.11 Å². The lowest BCUT2D eigenvalue weighted by molar-refractivity contribution is 0.218. The maximum atomic E-state index is 9.19.